The zero-order chi connectivity index (χ0) is 15.6. The van der Waals surface area contributed by atoms with Crippen molar-refractivity contribution in [1.29, 1.82) is 0 Å². The van der Waals surface area contributed by atoms with Crippen LogP contribution in [0, 0.1) is 6.92 Å². The minimum atomic E-state index is -0.253. The number of aryl methyl sites for hydroxylation is 1. The van der Waals surface area contributed by atoms with Crippen LogP contribution in [0.5, 0.6) is 11.5 Å². The van der Waals surface area contributed by atoms with Gasteiger partial charge in [-0.2, -0.15) is 0 Å². The molecule has 2 aromatic rings. The topological polar surface area (TPSA) is 44.5 Å². The molecule has 112 valence electrons. The van der Waals surface area contributed by atoms with Gasteiger partial charge in [-0.1, -0.05) is 31.9 Å². The number of benzene rings is 2. The van der Waals surface area contributed by atoms with Gasteiger partial charge in [0.15, 0.2) is 11.5 Å². The lowest BCUT2D eigenvalue weighted by Crippen LogP contribution is -2.14. The van der Waals surface area contributed by atoms with Gasteiger partial charge >= 0.3 is 0 Å². The maximum absolute atomic E-state index is 6.45. The molecule has 21 heavy (non-hydrogen) atoms. The number of rotatable bonds is 4. The van der Waals surface area contributed by atoms with Gasteiger partial charge in [0.1, 0.15) is 0 Å². The van der Waals surface area contributed by atoms with Gasteiger partial charge in [-0.3, -0.25) is 0 Å². The van der Waals surface area contributed by atoms with E-state index in [9.17, 15) is 0 Å². The molecular weight excluding hydrogens is 398 g/mol. The molecule has 1 atom stereocenters. The number of halogens is 2. The molecule has 2 N–H and O–H groups in total. The van der Waals surface area contributed by atoms with Gasteiger partial charge in [0.2, 0.25) is 0 Å². The Bertz CT molecular complexity index is 659. The first-order valence-corrected chi connectivity index (χ1v) is 7.99. The Balaban J connectivity index is 2.52. The summed E-state index contributed by atoms with van der Waals surface area (Å²) in [6.45, 7) is 2.02. The first kappa shape index (κ1) is 16.3. The van der Waals surface area contributed by atoms with Crippen molar-refractivity contribution in [1.82, 2.24) is 0 Å². The van der Waals surface area contributed by atoms with E-state index in [4.69, 9.17) is 15.2 Å². The summed E-state index contributed by atoms with van der Waals surface area (Å²) < 4.78 is 12.7. The number of hydrogen-bond donors (Lipinski definition) is 1. The van der Waals surface area contributed by atoms with Gasteiger partial charge in [-0.25, -0.2) is 0 Å². The third-order valence-corrected chi connectivity index (χ3v) is 4.62. The third kappa shape index (κ3) is 3.42. The molecule has 0 saturated heterocycles. The summed E-state index contributed by atoms with van der Waals surface area (Å²) in [5.41, 5.74) is 9.54. The molecule has 0 radical (unpaired) electrons. The highest BCUT2D eigenvalue weighted by Gasteiger charge is 2.18. The van der Waals surface area contributed by atoms with E-state index in [0.29, 0.717) is 11.5 Å². The smallest absolute Gasteiger partial charge is 0.161 e. The molecule has 0 aliphatic carbocycles. The van der Waals surface area contributed by atoms with Crippen molar-refractivity contribution in [2.24, 2.45) is 5.73 Å². The normalized spacial score (nSPS) is 12.1. The Morgan fingerprint density at radius 3 is 2.19 bits per heavy atom. The predicted molar refractivity (Wildman–Crippen MR) is 92.2 cm³/mol. The van der Waals surface area contributed by atoms with Crippen LogP contribution in [0.25, 0.3) is 0 Å². The Morgan fingerprint density at radius 1 is 0.952 bits per heavy atom. The van der Waals surface area contributed by atoms with Gasteiger partial charge < -0.3 is 15.2 Å². The average Bonchev–Trinajstić information content (AvgIpc) is 2.48. The van der Waals surface area contributed by atoms with Crippen molar-refractivity contribution < 1.29 is 9.47 Å². The van der Waals surface area contributed by atoms with E-state index in [2.05, 4.69) is 31.9 Å². The van der Waals surface area contributed by atoms with E-state index in [0.717, 1.165) is 25.6 Å². The van der Waals surface area contributed by atoms with Crippen LogP contribution in [0.15, 0.2) is 39.3 Å². The summed E-state index contributed by atoms with van der Waals surface area (Å²) in [4.78, 5) is 0. The molecule has 1 unspecified atom stereocenters. The van der Waals surface area contributed by atoms with E-state index in [1.807, 2.05) is 37.3 Å². The Hall–Kier alpha value is -1.04. The van der Waals surface area contributed by atoms with Crippen LogP contribution < -0.4 is 15.2 Å². The van der Waals surface area contributed by atoms with E-state index in [1.54, 1.807) is 14.2 Å². The summed E-state index contributed by atoms with van der Waals surface area (Å²) in [7, 11) is 3.25. The van der Waals surface area contributed by atoms with Crippen molar-refractivity contribution >= 4 is 31.9 Å². The second kappa shape index (κ2) is 6.81. The van der Waals surface area contributed by atoms with Gasteiger partial charge in [-0.15, -0.1) is 0 Å². The number of nitrogens with two attached hydrogens (primary N) is 1. The fourth-order valence-corrected chi connectivity index (χ4v) is 3.12. The Morgan fingerprint density at radius 2 is 1.57 bits per heavy atom. The number of hydrogen-bond acceptors (Lipinski definition) is 3. The van der Waals surface area contributed by atoms with Crippen molar-refractivity contribution in [3.8, 4) is 11.5 Å². The fraction of sp³-hybridized carbons (Fsp3) is 0.250. The third-order valence-electron chi connectivity index (χ3n) is 3.40. The van der Waals surface area contributed by atoms with Crippen LogP contribution in [0.4, 0.5) is 0 Å². The summed E-state index contributed by atoms with van der Waals surface area (Å²) in [5.74, 6) is 1.39. The zero-order valence-corrected chi connectivity index (χ0v) is 15.3. The first-order chi connectivity index (χ1) is 9.97. The van der Waals surface area contributed by atoms with Crippen LogP contribution >= 0.6 is 31.9 Å². The standard InChI is InChI=1S/C16H17Br2NO2/c1-9-6-14(20-2)15(21-3)8-11(9)16(19)12-7-10(17)4-5-13(12)18/h4-8,16H,19H2,1-3H3. The lowest BCUT2D eigenvalue weighted by atomic mass is 9.95. The second-order valence-corrected chi connectivity index (χ2v) is 6.48. The summed E-state index contributed by atoms with van der Waals surface area (Å²) in [6.07, 6.45) is 0. The lowest BCUT2D eigenvalue weighted by molar-refractivity contribution is 0.354. The molecule has 5 heteroatoms. The second-order valence-electron chi connectivity index (χ2n) is 4.71. The minimum Gasteiger partial charge on any atom is -0.493 e. The quantitative estimate of drug-likeness (QED) is 0.795. The molecule has 2 rings (SSSR count). The van der Waals surface area contributed by atoms with Gasteiger partial charge in [0.25, 0.3) is 0 Å². The monoisotopic (exact) mass is 413 g/mol. The fourth-order valence-electron chi connectivity index (χ4n) is 2.25. The van der Waals surface area contributed by atoms with E-state index < -0.39 is 0 Å². The van der Waals surface area contributed by atoms with Crippen LogP contribution in [0.2, 0.25) is 0 Å². The lowest BCUT2D eigenvalue weighted by Gasteiger charge is -2.19. The molecule has 0 heterocycles. The molecule has 0 aliphatic heterocycles. The zero-order valence-electron chi connectivity index (χ0n) is 12.1. The first-order valence-electron chi connectivity index (χ1n) is 6.41. The highest BCUT2D eigenvalue weighted by atomic mass is 79.9. The molecule has 0 aromatic heterocycles. The predicted octanol–water partition coefficient (Wildman–Crippen LogP) is 4.59. The maximum Gasteiger partial charge on any atom is 0.161 e. The van der Waals surface area contributed by atoms with Gasteiger partial charge in [-0.05, 0) is 53.9 Å². The number of methoxy groups -OCH3 is 2. The van der Waals surface area contributed by atoms with Crippen molar-refractivity contribution in [2.75, 3.05) is 14.2 Å². The molecule has 0 spiro atoms. The van der Waals surface area contributed by atoms with Crippen molar-refractivity contribution in [2.45, 2.75) is 13.0 Å². The van der Waals surface area contributed by atoms with Gasteiger partial charge in [0.05, 0.1) is 20.3 Å². The molecule has 0 fully saturated rings. The van der Waals surface area contributed by atoms with Crippen molar-refractivity contribution in [3.05, 3.63) is 56.0 Å². The van der Waals surface area contributed by atoms with Crippen LogP contribution in [0.3, 0.4) is 0 Å². The summed E-state index contributed by atoms with van der Waals surface area (Å²) in [6, 6.07) is 9.60. The largest absolute Gasteiger partial charge is 0.493 e. The molecule has 0 bridgehead atoms. The van der Waals surface area contributed by atoms with Gasteiger partial charge in [0, 0.05) is 8.95 Å². The average molecular weight is 415 g/mol. The Kier molecular flexibility index (Phi) is 5.30. The van der Waals surface area contributed by atoms with Crippen LogP contribution in [-0.4, -0.2) is 14.2 Å². The van der Waals surface area contributed by atoms with Crippen molar-refractivity contribution in [3.63, 3.8) is 0 Å². The highest BCUT2D eigenvalue weighted by Crippen LogP contribution is 2.36. The molecule has 0 aliphatic rings. The van der Waals surface area contributed by atoms with Crippen LogP contribution in [-0.2, 0) is 0 Å². The summed E-state index contributed by atoms with van der Waals surface area (Å²) >= 11 is 7.05. The minimum absolute atomic E-state index is 0.253. The summed E-state index contributed by atoms with van der Waals surface area (Å²) in [5, 5.41) is 0. The van der Waals surface area contributed by atoms with E-state index >= 15 is 0 Å². The van der Waals surface area contributed by atoms with E-state index in [1.165, 1.54) is 0 Å². The molecule has 3 nitrogen and oxygen atoms in total. The molecule has 2 aromatic carbocycles. The molecule has 0 saturated carbocycles. The van der Waals surface area contributed by atoms with Crippen LogP contribution in [0.1, 0.15) is 22.7 Å². The maximum atomic E-state index is 6.45. The molecule has 0 amide bonds. The number of ether oxygens (including phenoxy) is 2. The Labute approximate surface area is 141 Å². The molecular formula is C16H17Br2NO2. The SMILES string of the molecule is COc1cc(C)c(C(N)c2cc(Br)ccc2Br)cc1OC. The highest BCUT2D eigenvalue weighted by molar-refractivity contribution is 9.11. The van der Waals surface area contributed by atoms with E-state index in [-0.39, 0.29) is 6.04 Å².